The molecule has 0 aliphatic heterocycles. The van der Waals surface area contributed by atoms with Crippen molar-refractivity contribution < 1.29 is 9.53 Å². The number of fused-ring (bicyclic) bond motifs is 1. The minimum absolute atomic E-state index is 0.0809. The van der Waals surface area contributed by atoms with E-state index >= 15 is 0 Å². The van der Waals surface area contributed by atoms with Crippen LogP contribution in [0.1, 0.15) is 48.7 Å². The van der Waals surface area contributed by atoms with Gasteiger partial charge in [0.25, 0.3) is 5.91 Å². The Bertz CT molecular complexity index is 969. The van der Waals surface area contributed by atoms with Crippen molar-refractivity contribution in [3.05, 3.63) is 53.1 Å². The molecule has 0 spiro atoms. The number of nitrogens with one attached hydrogen (secondary N) is 1. The Morgan fingerprint density at radius 2 is 1.79 bits per heavy atom. The molecule has 0 aliphatic rings. The summed E-state index contributed by atoms with van der Waals surface area (Å²) in [6.07, 6.45) is 0.817. The van der Waals surface area contributed by atoms with Gasteiger partial charge in [-0.1, -0.05) is 5.21 Å². The first kappa shape index (κ1) is 19.9. The van der Waals surface area contributed by atoms with Crippen LogP contribution in [0.15, 0.2) is 36.4 Å². The van der Waals surface area contributed by atoms with Gasteiger partial charge in [-0.25, -0.2) is 4.68 Å². The highest BCUT2D eigenvalue weighted by Gasteiger charge is 2.15. The van der Waals surface area contributed by atoms with Crippen molar-refractivity contribution in [2.75, 3.05) is 6.61 Å². The van der Waals surface area contributed by atoms with Gasteiger partial charge in [0.2, 0.25) is 0 Å². The average molecular weight is 380 g/mol. The molecule has 1 amide bonds. The molecule has 148 valence electrons. The predicted molar refractivity (Wildman–Crippen MR) is 111 cm³/mol. The minimum Gasteiger partial charge on any atom is -0.494 e. The molecule has 6 heteroatoms. The van der Waals surface area contributed by atoms with E-state index in [1.807, 2.05) is 37.6 Å². The molecule has 3 rings (SSSR count). The Balaban J connectivity index is 1.52. The SMILES string of the molecule is Cc1cc2nnn(CCCOc3ccc(C(=O)NC(C)(C)C)cc3)c2cc1C. The number of hydrogen-bond acceptors (Lipinski definition) is 4. The van der Waals surface area contributed by atoms with Crippen molar-refractivity contribution in [3.63, 3.8) is 0 Å². The van der Waals surface area contributed by atoms with Crippen LogP contribution in [0.4, 0.5) is 0 Å². The summed E-state index contributed by atoms with van der Waals surface area (Å²) in [7, 11) is 0. The number of carbonyl (C=O) groups is 1. The first-order valence-corrected chi connectivity index (χ1v) is 9.59. The normalized spacial score (nSPS) is 11.6. The van der Waals surface area contributed by atoms with Crippen molar-refractivity contribution >= 4 is 16.9 Å². The fraction of sp³-hybridized carbons (Fsp3) is 0.409. The number of aryl methyl sites for hydroxylation is 3. The molecule has 6 nitrogen and oxygen atoms in total. The minimum atomic E-state index is -0.255. The lowest BCUT2D eigenvalue weighted by atomic mass is 10.1. The molecule has 0 saturated heterocycles. The topological polar surface area (TPSA) is 69.0 Å². The van der Waals surface area contributed by atoms with Crippen molar-refractivity contribution in [2.24, 2.45) is 0 Å². The summed E-state index contributed by atoms with van der Waals surface area (Å²) in [5, 5.41) is 11.4. The third-order valence-corrected chi connectivity index (χ3v) is 4.52. The van der Waals surface area contributed by atoms with E-state index in [1.54, 1.807) is 12.1 Å². The second-order valence-electron chi connectivity index (χ2n) is 8.17. The van der Waals surface area contributed by atoms with E-state index in [4.69, 9.17) is 4.74 Å². The monoisotopic (exact) mass is 380 g/mol. The van der Waals surface area contributed by atoms with E-state index in [0.717, 1.165) is 29.7 Å². The number of benzene rings is 2. The van der Waals surface area contributed by atoms with Gasteiger partial charge in [-0.15, -0.1) is 5.10 Å². The van der Waals surface area contributed by atoms with Crippen molar-refractivity contribution in [1.82, 2.24) is 20.3 Å². The van der Waals surface area contributed by atoms with E-state index in [9.17, 15) is 4.79 Å². The van der Waals surface area contributed by atoms with Crippen LogP contribution < -0.4 is 10.1 Å². The van der Waals surface area contributed by atoms with Crippen LogP contribution in [0.2, 0.25) is 0 Å². The molecule has 0 fully saturated rings. The van der Waals surface area contributed by atoms with Gasteiger partial charge in [0.15, 0.2) is 0 Å². The summed E-state index contributed by atoms with van der Waals surface area (Å²) < 4.78 is 7.72. The number of nitrogens with zero attached hydrogens (tertiary/aromatic N) is 3. The zero-order valence-electron chi connectivity index (χ0n) is 17.2. The molecule has 28 heavy (non-hydrogen) atoms. The number of rotatable bonds is 6. The molecule has 1 heterocycles. The lowest BCUT2D eigenvalue weighted by Gasteiger charge is -2.20. The fourth-order valence-corrected chi connectivity index (χ4v) is 2.91. The maximum atomic E-state index is 12.1. The van der Waals surface area contributed by atoms with E-state index < -0.39 is 0 Å². The molecule has 0 atom stereocenters. The van der Waals surface area contributed by atoms with Crippen molar-refractivity contribution in [2.45, 2.75) is 53.1 Å². The van der Waals surface area contributed by atoms with E-state index in [-0.39, 0.29) is 11.4 Å². The molecular weight excluding hydrogens is 352 g/mol. The van der Waals surface area contributed by atoms with Gasteiger partial charge in [0.05, 0.1) is 12.1 Å². The van der Waals surface area contributed by atoms with Crippen molar-refractivity contribution in [3.8, 4) is 5.75 Å². The van der Waals surface area contributed by atoms with Crippen LogP contribution in [-0.4, -0.2) is 33.0 Å². The highest BCUT2D eigenvalue weighted by molar-refractivity contribution is 5.94. The van der Waals surface area contributed by atoms with Gasteiger partial charge in [0, 0.05) is 24.1 Å². The van der Waals surface area contributed by atoms with Gasteiger partial charge in [0.1, 0.15) is 11.3 Å². The van der Waals surface area contributed by atoms with Crippen LogP contribution in [0.3, 0.4) is 0 Å². The summed E-state index contributed by atoms with van der Waals surface area (Å²) in [5.41, 5.74) is 4.81. The molecule has 0 radical (unpaired) electrons. The zero-order valence-corrected chi connectivity index (χ0v) is 17.2. The smallest absolute Gasteiger partial charge is 0.251 e. The van der Waals surface area contributed by atoms with Crippen LogP contribution in [0.25, 0.3) is 11.0 Å². The molecule has 0 unspecified atom stereocenters. The van der Waals surface area contributed by atoms with Crippen LogP contribution in [0, 0.1) is 13.8 Å². The summed E-state index contributed by atoms with van der Waals surface area (Å²) in [4.78, 5) is 12.1. The molecule has 1 aromatic heterocycles. The molecular formula is C22H28N4O2. The van der Waals surface area contributed by atoms with E-state index in [1.165, 1.54) is 11.1 Å². The fourth-order valence-electron chi connectivity index (χ4n) is 2.91. The standard InChI is InChI=1S/C22H28N4O2/c1-15-13-19-20(14-16(15)2)26(25-24-19)11-6-12-28-18-9-7-17(8-10-18)21(27)23-22(3,4)5/h7-10,13-14H,6,11-12H2,1-5H3,(H,23,27). The average Bonchev–Trinajstić information content (AvgIpc) is 3.00. The maximum Gasteiger partial charge on any atom is 0.251 e. The summed E-state index contributed by atoms with van der Waals surface area (Å²) >= 11 is 0. The number of carbonyl (C=O) groups excluding carboxylic acids is 1. The maximum absolute atomic E-state index is 12.1. The Labute approximate surface area is 165 Å². The Morgan fingerprint density at radius 3 is 2.46 bits per heavy atom. The Kier molecular flexibility index (Phi) is 5.68. The lowest BCUT2D eigenvalue weighted by Crippen LogP contribution is -2.40. The number of hydrogen-bond donors (Lipinski definition) is 1. The summed E-state index contributed by atoms with van der Waals surface area (Å²) in [5.74, 6) is 0.671. The number of aromatic nitrogens is 3. The molecule has 0 saturated carbocycles. The second kappa shape index (κ2) is 8.00. The first-order chi connectivity index (χ1) is 13.2. The summed E-state index contributed by atoms with van der Waals surface area (Å²) in [6.45, 7) is 11.4. The quantitative estimate of drug-likeness (QED) is 0.655. The molecule has 2 aromatic carbocycles. The second-order valence-corrected chi connectivity index (χ2v) is 8.17. The highest BCUT2D eigenvalue weighted by atomic mass is 16.5. The third-order valence-electron chi connectivity index (χ3n) is 4.52. The Morgan fingerprint density at radius 1 is 1.11 bits per heavy atom. The first-order valence-electron chi connectivity index (χ1n) is 9.59. The van der Waals surface area contributed by atoms with Gasteiger partial charge in [-0.05, 0) is 82.1 Å². The molecule has 0 bridgehead atoms. The van der Waals surface area contributed by atoms with E-state index in [2.05, 4.69) is 41.6 Å². The largest absolute Gasteiger partial charge is 0.494 e. The molecule has 0 aliphatic carbocycles. The summed E-state index contributed by atoms with van der Waals surface area (Å²) in [6, 6.07) is 11.4. The van der Waals surface area contributed by atoms with Crippen LogP contribution in [-0.2, 0) is 6.54 Å². The van der Waals surface area contributed by atoms with Gasteiger partial charge in [-0.2, -0.15) is 0 Å². The Hall–Kier alpha value is -2.89. The molecule has 3 aromatic rings. The lowest BCUT2D eigenvalue weighted by molar-refractivity contribution is 0.0919. The predicted octanol–water partition coefficient (Wildman–Crippen LogP) is 4.05. The van der Waals surface area contributed by atoms with Crippen molar-refractivity contribution in [1.29, 1.82) is 0 Å². The number of ether oxygens (including phenoxy) is 1. The number of amides is 1. The third kappa shape index (κ3) is 4.88. The van der Waals surface area contributed by atoms with E-state index in [0.29, 0.717) is 12.2 Å². The molecule has 1 N–H and O–H groups in total. The van der Waals surface area contributed by atoms with Crippen LogP contribution >= 0.6 is 0 Å². The van der Waals surface area contributed by atoms with Gasteiger partial charge >= 0.3 is 0 Å². The van der Waals surface area contributed by atoms with Gasteiger partial charge < -0.3 is 10.1 Å². The van der Waals surface area contributed by atoms with Gasteiger partial charge in [-0.3, -0.25) is 4.79 Å². The van der Waals surface area contributed by atoms with Crippen LogP contribution in [0.5, 0.6) is 5.75 Å². The highest BCUT2D eigenvalue weighted by Crippen LogP contribution is 2.18. The zero-order chi connectivity index (χ0) is 20.3.